The van der Waals surface area contributed by atoms with Gasteiger partial charge >= 0.3 is 0 Å². The number of nitrogens with one attached hydrogen (secondary N) is 1. The summed E-state index contributed by atoms with van der Waals surface area (Å²) in [5.41, 5.74) is 0.359. The lowest BCUT2D eigenvalue weighted by Crippen LogP contribution is -2.33. The molecule has 1 atom stereocenters. The molecule has 0 bridgehead atoms. The zero-order chi connectivity index (χ0) is 17.5. The van der Waals surface area contributed by atoms with Gasteiger partial charge in [0.1, 0.15) is 11.9 Å². The van der Waals surface area contributed by atoms with E-state index in [1.165, 1.54) is 25.7 Å². The van der Waals surface area contributed by atoms with Gasteiger partial charge in [0.2, 0.25) is 0 Å². The molecule has 0 aliphatic heterocycles. The highest BCUT2D eigenvalue weighted by atomic mass is 16.5. The standard InChI is InChI=1S/C18H25N5O2/c1-14(25-16-9-6-10-19-12-16)11-20-18(24)17-13-23(22-21-17)15-7-4-2-3-5-8-15/h6,9-10,12-15H,2-5,7-8,11H2,1H3,(H,20,24). The van der Waals surface area contributed by atoms with Gasteiger partial charge in [0.15, 0.2) is 5.69 Å². The van der Waals surface area contributed by atoms with Crippen molar-refractivity contribution >= 4 is 5.91 Å². The molecule has 1 fully saturated rings. The quantitative estimate of drug-likeness (QED) is 0.816. The van der Waals surface area contributed by atoms with E-state index >= 15 is 0 Å². The van der Waals surface area contributed by atoms with Gasteiger partial charge in [-0.05, 0) is 31.9 Å². The maximum Gasteiger partial charge on any atom is 0.273 e. The minimum atomic E-state index is -0.221. The molecule has 25 heavy (non-hydrogen) atoms. The molecule has 0 saturated heterocycles. The first-order chi connectivity index (χ1) is 12.2. The molecule has 2 heterocycles. The number of hydrogen-bond acceptors (Lipinski definition) is 5. The van der Waals surface area contributed by atoms with E-state index in [4.69, 9.17) is 4.74 Å². The number of nitrogens with zero attached hydrogens (tertiary/aromatic N) is 4. The van der Waals surface area contributed by atoms with Crippen molar-refractivity contribution in [2.75, 3.05) is 6.54 Å². The Balaban J connectivity index is 1.49. The van der Waals surface area contributed by atoms with Crippen LogP contribution in [0.3, 0.4) is 0 Å². The molecule has 1 aliphatic carbocycles. The summed E-state index contributed by atoms with van der Waals surface area (Å²) in [5.74, 6) is 0.463. The van der Waals surface area contributed by atoms with Gasteiger partial charge in [-0.1, -0.05) is 30.9 Å². The van der Waals surface area contributed by atoms with E-state index in [9.17, 15) is 4.79 Å². The molecule has 3 rings (SSSR count). The largest absolute Gasteiger partial charge is 0.487 e. The van der Waals surface area contributed by atoms with Gasteiger partial charge in [-0.2, -0.15) is 0 Å². The van der Waals surface area contributed by atoms with Crippen LogP contribution in [0, 0.1) is 0 Å². The van der Waals surface area contributed by atoms with Gasteiger partial charge in [0.25, 0.3) is 5.91 Å². The lowest BCUT2D eigenvalue weighted by molar-refractivity contribution is 0.0927. The molecule has 1 saturated carbocycles. The minimum absolute atomic E-state index is 0.162. The van der Waals surface area contributed by atoms with Gasteiger partial charge in [0, 0.05) is 6.20 Å². The SMILES string of the molecule is CC(CNC(=O)c1cn(C2CCCCCC2)nn1)Oc1cccnc1. The van der Waals surface area contributed by atoms with Crippen LogP contribution in [0.2, 0.25) is 0 Å². The van der Waals surface area contributed by atoms with Crippen LogP contribution in [0.1, 0.15) is 62.0 Å². The van der Waals surface area contributed by atoms with E-state index in [0.717, 1.165) is 12.8 Å². The van der Waals surface area contributed by atoms with Gasteiger partial charge < -0.3 is 10.1 Å². The highest BCUT2D eigenvalue weighted by molar-refractivity contribution is 5.91. The Bertz CT molecular complexity index is 665. The zero-order valence-electron chi connectivity index (χ0n) is 14.6. The summed E-state index contributed by atoms with van der Waals surface area (Å²) in [6, 6.07) is 4.01. The molecular weight excluding hydrogens is 318 g/mol. The first-order valence-corrected chi connectivity index (χ1v) is 8.99. The number of amides is 1. The van der Waals surface area contributed by atoms with Crippen molar-refractivity contribution in [3.8, 4) is 5.75 Å². The van der Waals surface area contributed by atoms with Crippen LogP contribution < -0.4 is 10.1 Å². The van der Waals surface area contributed by atoms with E-state index in [1.54, 1.807) is 18.6 Å². The topological polar surface area (TPSA) is 81.9 Å². The second-order valence-corrected chi connectivity index (χ2v) is 6.56. The summed E-state index contributed by atoms with van der Waals surface area (Å²) in [7, 11) is 0. The molecule has 134 valence electrons. The fourth-order valence-corrected chi connectivity index (χ4v) is 3.10. The Labute approximate surface area is 147 Å². The zero-order valence-corrected chi connectivity index (χ0v) is 14.6. The Kier molecular flexibility index (Phi) is 5.98. The first-order valence-electron chi connectivity index (χ1n) is 8.99. The number of aromatic nitrogens is 4. The van der Waals surface area contributed by atoms with E-state index in [-0.39, 0.29) is 12.0 Å². The first kappa shape index (κ1) is 17.4. The van der Waals surface area contributed by atoms with Gasteiger partial charge in [-0.25, -0.2) is 4.68 Å². The smallest absolute Gasteiger partial charge is 0.273 e. The molecular formula is C18H25N5O2. The van der Waals surface area contributed by atoms with Crippen LogP contribution in [-0.2, 0) is 0 Å². The molecule has 1 amide bonds. The summed E-state index contributed by atoms with van der Waals surface area (Å²) in [5, 5.41) is 11.0. The highest BCUT2D eigenvalue weighted by Crippen LogP contribution is 2.26. The predicted molar refractivity (Wildman–Crippen MR) is 93.4 cm³/mol. The third-order valence-electron chi connectivity index (χ3n) is 4.46. The molecule has 2 aromatic rings. The number of carbonyl (C=O) groups is 1. The molecule has 0 spiro atoms. The second-order valence-electron chi connectivity index (χ2n) is 6.56. The fourth-order valence-electron chi connectivity index (χ4n) is 3.10. The van der Waals surface area contributed by atoms with Crippen LogP contribution in [0.25, 0.3) is 0 Å². The van der Waals surface area contributed by atoms with E-state index in [1.807, 2.05) is 23.7 Å². The summed E-state index contributed by atoms with van der Waals surface area (Å²) in [6.07, 6.45) is 12.2. The van der Waals surface area contributed by atoms with Crippen LogP contribution in [0.15, 0.2) is 30.7 Å². The minimum Gasteiger partial charge on any atom is -0.487 e. The van der Waals surface area contributed by atoms with Crippen LogP contribution in [-0.4, -0.2) is 38.5 Å². The maximum absolute atomic E-state index is 12.3. The molecule has 7 heteroatoms. The average molecular weight is 343 g/mol. The van der Waals surface area contributed by atoms with Crippen LogP contribution in [0.5, 0.6) is 5.75 Å². The molecule has 0 aromatic carbocycles. The van der Waals surface area contributed by atoms with Crippen molar-refractivity contribution in [3.05, 3.63) is 36.4 Å². The van der Waals surface area contributed by atoms with Crippen molar-refractivity contribution in [1.29, 1.82) is 0 Å². The van der Waals surface area contributed by atoms with Gasteiger partial charge in [-0.3, -0.25) is 9.78 Å². The number of hydrogen-bond donors (Lipinski definition) is 1. The average Bonchev–Trinajstić information content (AvgIpc) is 2.96. The number of rotatable bonds is 6. The predicted octanol–water partition coefficient (Wildman–Crippen LogP) is 2.77. The Hall–Kier alpha value is -2.44. The van der Waals surface area contributed by atoms with Crippen LogP contribution >= 0.6 is 0 Å². The highest BCUT2D eigenvalue weighted by Gasteiger charge is 2.18. The molecule has 2 aromatic heterocycles. The fraction of sp³-hybridized carbons (Fsp3) is 0.556. The van der Waals surface area contributed by atoms with Crippen LogP contribution in [0.4, 0.5) is 0 Å². The summed E-state index contributed by atoms with van der Waals surface area (Å²) in [6.45, 7) is 2.29. The Morgan fingerprint density at radius 3 is 2.88 bits per heavy atom. The third kappa shape index (κ3) is 5.01. The molecule has 7 nitrogen and oxygen atoms in total. The van der Waals surface area contributed by atoms with Crippen molar-refractivity contribution in [2.45, 2.75) is 57.6 Å². The van der Waals surface area contributed by atoms with E-state index in [0.29, 0.717) is 24.0 Å². The molecule has 1 aliphatic rings. The summed E-state index contributed by atoms with van der Waals surface area (Å²) in [4.78, 5) is 16.3. The summed E-state index contributed by atoms with van der Waals surface area (Å²) >= 11 is 0. The van der Waals surface area contributed by atoms with Gasteiger partial charge in [-0.15, -0.1) is 5.10 Å². The van der Waals surface area contributed by atoms with Crippen molar-refractivity contribution in [3.63, 3.8) is 0 Å². The number of pyridine rings is 1. The lowest BCUT2D eigenvalue weighted by Gasteiger charge is -2.14. The molecule has 0 radical (unpaired) electrons. The second kappa shape index (κ2) is 8.60. The Morgan fingerprint density at radius 1 is 1.36 bits per heavy atom. The lowest BCUT2D eigenvalue weighted by atomic mass is 10.1. The normalized spacial score (nSPS) is 16.8. The van der Waals surface area contributed by atoms with Crippen molar-refractivity contribution in [2.24, 2.45) is 0 Å². The Morgan fingerprint density at radius 2 is 2.16 bits per heavy atom. The van der Waals surface area contributed by atoms with Gasteiger partial charge in [0.05, 0.1) is 25.0 Å². The van der Waals surface area contributed by atoms with Crippen molar-refractivity contribution in [1.82, 2.24) is 25.3 Å². The summed E-state index contributed by atoms with van der Waals surface area (Å²) < 4.78 is 7.55. The number of ether oxygens (including phenoxy) is 1. The monoisotopic (exact) mass is 343 g/mol. The molecule has 1 unspecified atom stereocenters. The van der Waals surface area contributed by atoms with E-state index in [2.05, 4.69) is 20.6 Å². The van der Waals surface area contributed by atoms with E-state index < -0.39 is 0 Å². The van der Waals surface area contributed by atoms with Crippen molar-refractivity contribution < 1.29 is 9.53 Å². The number of carbonyl (C=O) groups excluding carboxylic acids is 1. The maximum atomic E-state index is 12.3. The molecule has 1 N–H and O–H groups in total. The third-order valence-corrected chi connectivity index (χ3v) is 4.46.